The summed E-state index contributed by atoms with van der Waals surface area (Å²) < 4.78 is 17.0. The molecule has 3 nitrogen and oxygen atoms in total. The van der Waals surface area contributed by atoms with Crippen molar-refractivity contribution in [2.24, 2.45) is 0 Å². The Morgan fingerprint density at radius 1 is 1.53 bits per heavy atom. The van der Waals surface area contributed by atoms with Gasteiger partial charge in [-0.3, -0.25) is 0 Å². The fraction of sp³-hybridized carbons (Fsp3) is 0.273. The molecule has 2 aromatic rings. The summed E-state index contributed by atoms with van der Waals surface area (Å²) in [7, 11) is 1.84. The lowest BCUT2D eigenvalue weighted by Crippen LogP contribution is -2.18. The SMILES string of the molecule is CNC(Cc1cc(F)ccc1Cl)c1cnns1. The molecule has 0 spiro atoms. The smallest absolute Gasteiger partial charge is 0.123 e. The summed E-state index contributed by atoms with van der Waals surface area (Å²) in [6.07, 6.45) is 2.32. The molecule has 0 saturated heterocycles. The second-order valence-electron chi connectivity index (χ2n) is 3.60. The van der Waals surface area contributed by atoms with Gasteiger partial charge in [-0.1, -0.05) is 16.1 Å². The number of halogens is 2. The van der Waals surface area contributed by atoms with Gasteiger partial charge in [-0.15, -0.1) is 5.10 Å². The Balaban J connectivity index is 2.21. The largest absolute Gasteiger partial charge is 0.312 e. The lowest BCUT2D eigenvalue weighted by molar-refractivity contribution is 0.591. The van der Waals surface area contributed by atoms with Gasteiger partial charge in [0.15, 0.2) is 0 Å². The molecule has 90 valence electrons. The summed E-state index contributed by atoms with van der Waals surface area (Å²) in [5, 5.41) is 7.52. The normalized spacial score (nSPS) is 12.6. The van der Waals surface area contributed by atoms with E-state index in [2.05, 4.69) is 14.9 Å². The Bertz CT molecular complexity index is 489. The zero-order valence-electron chi connectivity index (χ0n) is 9.15. The van der Waals surface area contributed by atoms with E-state index in [1.54, 1.807) is 12.3 Å². The summed E-state index contributed by atoms with van der Waals surface area (Å²) in [6.45, 7) is 0. The van der Waals surface area contributed by atoms with Crippen molar-refractivity contribution in [1.29, 1.82) is 0 Å². The molecule has 0 aliphatic carbocycles. The first-order valence-electron chi connectivity index (χ1n) is 5.09. The number of hydrogen-bond donors (Lipinski definition) is 1. The van der Waals surface area contributed by atoms with E-state index in [4.69, 9.17) is 11.6 Å². The van der Waals surface area contributed by atoms with E-state index in [1.807, 2.05) is 7.05 Å². The number of rotatable bonds is 4. The quantitative estimate of drug-likeness (QED) is 0.929. The molecule has 1 heterocycles. The molecule has 0 amide bonds. The Kier molecular flexibility index (Phi) is 4.04. The average molecular weight is 272 g/mol. The molecule has 0 aliphatic heterocycles. The number of aromatic nitrogens is 2. The van der Waals surface area contributed by atoms with E-state index in [0.717, 1.165) is 10.4 Å². The van der Waals surface area contributed by atoms with Crippen molar-refractivity contribution in [3.8, 4) is 0 Å². The van der Waals surface area contributed by atoms with Crippen LogP contribution in [0.5, 0.6) is 0 Å². The minimum absolute atomic E-state index is 0.0503. The predicted molar refractivity (Wildman–Crippen MR) is 66.8 cm³/mol. The predicted octanol–water partition coefficient (Wildman–Crippen LogP) is 2.83. The maximum atomic E-state index is 13.1. The highest BCUT2D eigenvalue weighted by molar-refractivity contribution is 7.05. The highest BCUT2D eigenvalue weighted by atomic mass is 35.5. The topological polar surface area (TPSA) is 37.8 Å². The fourth-order valence-corrected chi connectivity index (χ4v) is 2.40. The summed E-state index contributed by atoms with van der Waals surface area (Å²) >= 11 is 7.36. The zero-order chi connectivity index (χ0) is 12.3. The molecule has 1 atom stereocenters. The Hall–Kier alpha value is -1.04. The number of nitrogens with zero attached hydrogens (tertiary/aromatic N) is 2. The van der Waals surface area contributed by atoms with Crippen molar-refractivity contribution in [2.75, 3.05) is 7.05 Å². The van der Waals surface area contributed by atoms with Crippen LogP contribution in [0.1, 0.15) is 16.5 Å². The van der Waals surface area contributed by atoms with Crippen LogP contribution in [0.25, 0.3) is 0 Å². The van der Waals surface area contributed by atoms with Crippen LogP contribution in [0.15, 0.2) is 24.4 Å². The highest BCUT2D eigenvalue weighted by Gasteiger charge is 2.14. The maximum absolute atomic E-state index is 13.1. The number of hydrogen-bond acceptors (Lipinski definition) is 4. The number of likely N-dealkylation sites (N-methyl/N-ethyl adjacent to an activating group) is 1. The van der Waals surface area contributed by atoms with Gasteiger partial charge in [0.25, 0.3) is 0 Å². The Morgan fingerprint density at radius 2 is 2.35 bits per heavy atom. The third kappa shape index (κ3) is 3.00. The summed E-state index contributed by atoms with van der Waals surface area (Å²) in [4.78, 5) is 1.01. The van der Waals surface area contributed by atoms with E-state index in [0.29, 0.717) is 11.4 Å². The van der Waals surface area contributed by atoms with E-state index in [-0.39, 0.29) is 11.9 Å². The summed E-state index contributed by atoms with van der Waals surface area (Å²) in [5.41, 5.74) is 0.777. The Morgan fingerprint density at radius 3 is 3.00 bits per heavy atom. The fourth-order valence-electron chi connectivity index (χ4n) is 1.59. The molecular formula is C11H11ClFN3S. The summed E-state index contributed by atoms with van der Waals surface area (Å²) in [6, 6.07) is 4.44. The van der Waals surface area contributed by atoms with Gasteiger partial charge < -0.3 is 5.32 Å². The van der Waals surface area contributed by atoms with E-state index in [1.165, 1.54) is 23.7 Å². The van der Waals surface area contributed by atoms with Crippen molar-refractivity contribution < 1.29 is 4.39 Å². The lowest BCUT2D eigenvalue weighted by atomic mass is 10.1. The molecule has 0 saturated carbocycles. The second-order valence-corrected chi connectivity index (χ2v) is 4.83. The van der Waals surface area contributed by atoms with Gasteiger partial charge in [-0.05, 0) is 48.8 Å². The van der Waals surface area contributed by atoms with Crippen molar-refractivity contribution in [1.82, 2.24) is 14.9 Å². The monoisotopic (exact) mass is 271 g/mol. The van der Waals surface area contributed by atoms with Crippen LogP contribution >= 0.6 is 23.1 Å². The van der Waals surface area contributed by atoms with E-state index >= 15 is 0 Å². The molecule has 1 N–H and O–H groups in total. The van der Waals surface area contributed by atoms with Gasteiger partial charge in [-0.2, -0.15) is 0 Å². The molecular weight excluding hydrogens is 261 g/mol. The summed E-state index contributed by atoms with van der Waals surface area (Å²) in [5.74, 6) is -0.276. The van der Waals surface area contributed by atoms with E-state index in [9.17, 15) is 4.39 Å². The van der Waals surface area contributed by atoms with Crippen molar-refractivity contribution >= 4 is 23.1 Å². The Labute approximate surface area is 108 Å². The first kappa shape index (κ1) is 12.4. The van der Waals surface area contributed by atoms with Gasteiger partial charge in [0.05, 0.1) is 11.1 Å². The molecule has 0 aliphatic rings. The minimum atomic E-state index is -0.276. The van der Waals surface area contributed by atoms with Gasteiger partial charge >= 0.3 is 0 Å². The van der Waals surface area contributed by atoms with Gasteiger partial charge in [0.2, 0.25) is 0 Å². The molecule has 1 unspecified atom stereocenters. The van der Waals surface area contributed by atoms with Crippen molar-refractivity contribution in [3.63, 3.8) is 0 Å². The molecule has 1 aromatic heterocycles. The molecule has 1 aromatic carbocycles. The maximum Gasteiger partial charge on any atom is 0.123 e. The van der Waals surface area contributed by atoms with Crippen LogP contribution in [-0.2, 0) is 6.42 Å². The van der Waals surface area contributed by atoms with Crippen LogP contribution < -0.4 is 5.32 Å². The van der Waals surface area contributed by atoms with Crippen LogP contribution in [-0.4, -0.2) is 16.6 Å². The molecule has 0 bridgehead atoms. The standard InChI is InChI=1S/C11H11ClFN3S/c1-14-10(11-6-15-16-17-11)5-7-4-8(13)2-3-9(7)12/h2-4,6,10,14H,5H2,1H3. The molecule has 17 heavy (non-hydrogen) atoms. The van der Waals surface area contributed by atoms with Crippen LogP contribution in [0, 0.1) is 5.82 Å². The molecule has 6 heteroatoms. The third-order valence-corrected chi connectivity index (χ3v) is 3.65. The lowest BCUT2D eigenvalue weighted by Gasteiger charge is -2.14. The third-order valence-electron chi connectivity index (χ3n) is 2.50. The van der Waals surface area contributed by atoms with E-state index < -0.39 is 0 Å². The van der Waals surface area contributed by atoms with Gasteiger partial charge in [0.1, 0.15) is 5.82 Å². The molecule has 2 rings (SSSR count). The van der Waals surface area contributed by atoms with Gasteiger partial charge in [-0.25, -0.2) is 4.39 Å². The van der Waals surface area contributed by atoms with Crippen LogP contribution in [0.4, 0.5) is 4.39 Å². The van der Waals surface area contributed by atoms with Crippen LogP contribution in [0.3, 0.4) is 0 Å². The first-order chi connectivity index (χ1) is 8.20. The average Bonchev–Trinajstić information content (AvgIpc) is 2.84. The minimum Gasteiger partial charge on any atom is -0.312 e. The first-order valence-corrected chi connectivity index (χ1v) is 6.24. The van der Waals surface area contributed by atoms with Gasteiger partial charge in [0, 0.05) is 11.1 Å². The second kappa shape index (κ2) is 5.53. The van der Waals surface area contributed by atoms with Crippen molar-refractivity contribution in [3.05, 3.63) is 45.7 Å². The molecule has 0 fully saturated rings. The highest BCUT2D eigenvalue weighted by Crippen LogP contribution is 2.25. The zero-order valence-corrected chi connectivity index (χ0v) is 10.7. The number of nitrogens with one attached hydrogen (secondary N) is 1. The van der Waals surface area contributed by atoms with Crippen molar-refractivity contribution in [2.45, 2.75) is 12.5 Å². The molecule has 0 radical (unpaired) electrons. The number of benzene rings is 1. The van der Waals surface area contributed by atoms with Crippen LogP contribution in [0.2, 0.25) is 5.02 Å².